The van der Waals surface area contributed by atoms with E-state index in [4.69, 9.17) is 0 Å². The zero-order valence-corrected chi connectivity index (χ0v) is 6.08. The van der Waals surface area contributed by atoms with E-state index in [9.17, 15) is 20.2 Å². The second-order valence-electron chi connectivity index (χ2n) is 1.85. The van der Waals surface area contributed by atoms with Crippen molar-refractivity contribution in [1.29, 1.82) is 0 Å². The molecule has 0 aromatic carbocycles. The Balaban J connectivity index is 3.10. The van der Waals surface area contributed by atoms with Crippen molar-refractivity contribution in [2.45, 2.75) is 0 Å². The number of hydrazone groups is 1. The predicted octanol–water partition coefficient (Wildman–Crippen LogP) is -0.674. The van der Waals surface area contributed by atoms with Gasteiger partial charge in [0.05, 0.1) is 6.21 Å². The van der Waals surface area contributed by atoms with Crippen LogP contribution in [-0.4, -0.2) is 22.3 Å². The molecule has 0 spiro atoms. The first kappa shape index (κ1) is 8.77. The van der Waals surface area contributed by atoms with Crippen LogP contribution in [-0.2, 0) is 0 Å². The summed E-state index contributed by atoms with van der Waals surface area (Å²) >= 11 is 0. The van der Waals surface area contributed by atoms with E-state index in [0.717, 1.165) is 6.21 Å². The Morgan fingerprint density at radius 2 is 1.92 bits per heavy atom. The molecule has 1 aliphatic heterocycles. The van der Waals surface area contributed by atoms with E-state index < -0.39 is 21.5 Å². The van der Waals surface area contributed by atoms with Crippen molar-refractivity contribution in [2.75, 3.05) is 0 Å². The maximum atomic E-state index is 10.2. The molecule has 9 heteroatoms. The third kappa shape index (κ3) is 1.83. The van der Waals surface area contributed by atoms with Crippen molar-refractivity contribution in [3.8, 4) is 0 Å². The number of nitrogens with zero attached hydrogens (tertiary/aromatic N) is 4. The highest BCUT2D eigenvalue weighted by molar-refractivity contribution is 6.16. The lowest BCUT2D eigenvalue weighted by molar-refractivity contribution is -0.617. The second kappa shape index (κ2) is 3.38. The summed E-state index contributed by atoms with van der Waals surface area (Å²) in [5.41, 5.74) is 2.05. The molecule has 0 unspecified atom stereocenters. The van der Waals surface area contributed by atoms with Gasteiger partial charge in [-0.05, 0) is 0 Å². The minimum Gasteiger partial charge on any atom is -0.253 e. The summed E-state index contributed by atoms with van der Waals surface area (Å²) in [4.78, 5) is 21.5. The Hall–Kier alpha value is -2.32. The molecule has 0 amide bonds. The van der Waals surface area contributed by atoms with Crippen LogP contribution >= 0.6 is 0 Å². The van der Waals surface area contributed by atoms with Gasteiger partial charge in [-0.15, -0.1) is 0 Å². The lowest BCUT2D eigenvalue weighted by atomic mass is 10.6. The number of aliphatic imine (C=N–C) groups is 1. The highest BCUT2D eigenvalue weighted by atomic mass is 16.7. The molecule has 0 saturated heterocycles. The van der Waals surface area contributed by atoms with Crippen molar-refractivity contribution in [2.24, 2.45) is 10.1 Å². The molecule has 0 aromatic rings. The van der Waals surface area contributed by atoms with Gasteiger partial charge < -0.3 is 0 Å². The topological polar surface area (TPSA) is 123 Å². The summed E-state index contributed by atoms with van der Waals surface area (Å²) < 4.78 is 0. The summed E-state index contributed by atoms with van der Waals surface area (Å²) in [5, 5.41) is 23.7. The van der Waals surface area contributed by atoms with E-state index in [1.54, 1.807) is 0 Å². The predicted molar refractivity (Wildman–Crippen MR) is 41.1 cm³/mol. The van der Waals surface area contributed by atoms with E-state index in [-0.39, 0.29) is 0 Å². The van der Waals surface area contributed by atoms with Gasteiger partial charge >= 0.3 is 11.6 Å². The summed E-state index contributed by atoms with van der Waals surface area (Å²) in [5.74, 6) is -1.72. The summed E-state index contributed by atoms with van der Waals surface area (Å²) in [6.07, 6.45) is 2.32. The van der Waals surface area contributed by atoms with Crippen molar-refractivity contribution >= 4 is 12.4 Å². The van der Waals surface area contributed by atoms with Gasteiger partial charge in [0, 0.05) is 6.21 Å². The molecular weight excluding hydrogens is 182 g/mol. The van der Waals surface area contributed by atoms with Crippen LogP contribution in [0.15, 0.2) is 21.7 Å². The third-order valence-electron chi connectivity index (χ3n) is 1.07. The van der Waals surface area contributed by atoms with Crippen LogP contribution in [0.25, 0.3) is 0 Å². The highest BCUT2D eigenvalue weighted by Crippen LogP contribution is 2.05. The molecule has 13 heavy (non-hydrogen) atoms. The summed E-state index contributed by atoms with van der Waals surface area (Å²) in [6, 6.07) is 0. The first-order valence-electron chi connectivity index (χ1n) is 2.97. The van der Waals surface area contributed by atoms with Crippen molar-refractivity contribution in [1.82, 2.24) is 5.43 Å². The van der Waals surface area contributed by atoms with Gasteiger partial charge in [-0.1, -0.05) is 0 Å². The largest absolute Gasteiger partial charge is 0.603 e. The lowest BCUT2D eigenvalue weighted by Gasteiger charge is -1.99. The minimum atomic E-state index is -1.23. The molecule has 0 atom stereocenters. The first-order valence-corrected chi connectivity index (χ1v) is 2.97. The van der Waals surface area contributed by atoms with Crippen LogP contribution in [0.1, 0.15) is 0 Å². The molecule has 0 radical (unpaired) electrons. The zero-order valence-electron chi connectivity index (χ0n) is 6.08. The van der Waals surface area contributed by atoms with E-state index in [1.165, 1.54) is 6.21 Å². The smallest absolute Gasteiger partial charge is 0.253 e. The molecule has 1 heterocycles. The summed E-state index contributed by atoms with van der Waals surface area (Å²) in [7, 11) is 0. The van der Waals surface area contributed by atoms with Gasteiger partial charge in [0.15, 0.2) is 0 Å². The Bertz CT molecular complexity index is 326. The van der Waals surface area contributed by atoms with Crippen molar-refractivity contribution < 1.29 is 9.85 Å². The second-order valence-corrected chi connectivity index (χ2v) is 1.85. The minimum absolute atomic E-state index is 0.488. The van der Waals surface area contributed by atoms with Crippen LogP contribution in [0.2, 0.25) is 0 Å². The molecule has 0 aliphatic carbocycles. The van der Waals surface area contributed by atoms with Crippen LogP contribution in [0.3, 0.4) is 0 Å². The normalized spacial score (nSPS) is 13.7. The van der Waals surface area contributed by atoms with Crippen molar-refractivity contribution in [3.63, 3.8) is 0 Å². The summed E-state index contributed by atoms with van der Waals surface area (Å²) in [6.45, 7) is 0. The molecule has 0 aromatic heterocycles. The Morgan fingerprint density at radius 1 is 1.31 bits per heavy atom. The third-order valence-corrected chi connectivity index (χ3v) is 1.07. The Kier molecular flexibility index (Phi) is 2.28. The first-order chi connectivity index (χ1) is 6.13. The van der Waals surface area contributed by atoms with Crippen LogP contribution in [0, 0.1) is 20.2 Å². The lowest BCUT2D eigenvalue weighted by Crippen LogP contribution is -2.20. The molecule has 0 bridgehead atoms. The van der Waals surface area contributed by atoms with E-state index in [1.807, 2.05) is 5.43 Å². The number of hydrogen-bond acceptors (Lipinski definition) is 7. The van der Waals surface area contributed by atoms with Gasteiger partial charge in [-0.2, -0.15) is 5.10 Å². The van der Waals surface area contributed by atoms with E-state index in [0.29, 0.717) is 0 Å². The van der Waals surface area contributed by atoms with Crippen LogP contribution in [0.4, 0.5) is 0 Å². The fourth-order valence-corrected chi connectivity index (χ4v) is 0.616. The van der Waals surface area contributed by atoms with Crippen molar-refractivity contribution in [3.05, 3.63) is 31.9 Å². The molecule has 1 aliphatic rings. The maximum Gasteiger partial charge on any atom is 0.603 e. The molecular formula is C4H3N5O4. The standard InChI is InChI=1S/C4H3N5O4/c10-8(11)4(9(12)13)3-5-1-2-6-7-3/h1-2,7H. The molecule has 1 N–H and O–H groups in total. The van der Waals surface area contributed by atoms with Gasteiger partial charge in [0.25, 0.3) is 0 Å². The van der Waals surface area contributed by atoms with Gasteiger partial charge in [0.1, 0.15) is 9.85 Å². The fourth-order valence-electron chi connectivity index (χ4n) is 0.616. The average molecular weight is 185 g/mol. The van der Waals surface area contributed by atoms with Crippen LogP contribution < -0.4 is 5.43 Å². The maximum absolute atomic E-state index is 10.2. The van der Waals surface area contributed by atoms with E-state index in [2.05, 4.69) is 10.1 Å². The quantitative estimate of drug-likeness (QED) is 0.451. The average Bonchev–Trinajstić information content (AvgIpc) is 2.04. The molecule has 0 saturated carbocycles. The van der Waals surface area contributed by atoms with Gasteiger partial charge in [0.2, 0.25) is 0 Å². The number of nitrogens with one attached hydrogen (secondary N) is 1. The Labute approximate surface area is 70.8 Å². The molecule has 9 nitrogen and oxygen atoms in total. The Morgan fingerprint density at radius 3 is 2.31 bits per heavy atom. The number of nitro groups is 2. The molecule has 68 valence electrons. The SMILES string of the molecule is O=[N+]([O-])C(=C1N=CC=NN1)[N+](=O)[O-]. The monoisotopic (exact) mass is 185 g/mol. The number of rotatable bonds is 2. The molecule has 0 fully saturated rings. The zero-order chi connectivity index (χ0) is 9.84. The molecule has 1 rings (SSSR count). The highest BCUT2D eigenvalue weighted by Gasteiger charge is 2.32. The number of hydrogen-bond donors (Lipinski definition) is 1. The van der Waals surface area contributed by atoms with Gasteiger partial charge in [-0.3, -0.25) is 20.2 Å². The van der Waals surface area contributed by atoms with Crippen LogP contribution in [0.5, 0.6) is 0 Å². The van der Waals surface area contributed by atoms with Gasteiger partial charge in [-0.25, -0.2) is 10.4 Å². The van der Waals surface area contributed by atoms with E-state index >= 15 is 0 Å². The fraction of sp³-hybridized carbons (Fsp3) is 0.